The first-order valence-electron chi connectivity index (χ1n) is 4.93. The first-order chi connectivity index (χ1) is 6.28. The van der Waals surface area contributed by atoms with Gasteiger partial charge in [-0.3, -0.25) is 0 Å². The van der Waals surface area contributed by atoms with Gasteiger partial charge < -0.3 is 11.1 Å². The number of carbonyl (C=O) groups is 1. The average molecular weight is 195 g/mol. The highest BCUT2D eigenvalue weighted by Gasteiger charge is 2.64. The van der Waals surface area contributed by atoms with Gasteiger partial charge in [-0.2, -0.15) is 4.99 Å². The Kier molecular flexibility index (Phi) is 1.56. The Bertz CT molecular complexity index is 330. The van der Waals surface area contributed by atoms with E-state index in [4.69, 9.17) is 5.73 Å². The van der Waals surface area contributed by atoms with E-state index in [1.807, 2.05) is 0 Å². The molecule has 2 rings (SSSR count). The molecule has 1 saturated carbocycles. The molecule has 0 aromatic heterocycles. The van der Waals surface area contributed by atoms with Crippen LogP contribution in [0.25, 0.3) is 0 Å². The molecule has 0 bridgehead atoms. The van der Waals surface area contributed by atoms with Gasteiger partial charge in [0.2, 0.25) is 0 Å². The molecular weight excluding hydrogens is 178 g/mol. The largest absolute Gasteiger partial charge is 0.387 e. The molecule has 2 amide bonds. The van der Waals surface area contributed by atoms with E-state index >= 15 is 0 Å². The number of amides is 2. The summed E-state index contributed by atoms with van der Waals surface area (Å²) in [5.41, 5.74) is 5.97. The summed E-state index contributed by atoms with van der Waals surface area (Å²) in [6.07, 6.45) is 0. The Labute approximate surface area is 84.0 Å². The summed E-state index contributed by atoms with van der Waals surface area (Å²) in [6.45, 7) is 8.67. The standard InChI is InChI=1S/C10H17N3O/c1-9(2)5-6(10(9,3)4)12-8(14)13-7(5)11/h5-6H,1-4H3,(H3,11,12,13,14)/t5-,6-/m0/s1. The van der Waals surface area contributed by atoms with E-state index in [1.165, 1.54) is 0 Å². The molecule has 1 heterocycles. The number of hydrogen-bond acceptors (Lipinski definition) is 2. The van der Waals surface area contributed by atoms with Crippen LogP contribution < -0.4 is 11.1 Å². The van der Waals surface area contributed by atoms with E-state index in [1.54, 1.807) is 0 Å². The van der Waals surface area contributed by atoms with Crippen molar-refractivity contribution < 1.29 is 4.79 Å². The zero-order chi connectivity index (χ0) is 10.7. The van der Waals surface area contributed by atoms with Gasteiger partial charge in [-0.1, -0.05) is 27.7 Å². The summed E-state index contributed by atoms with van der Waals surface area (Å²) in [4.78, 5) is 15.0. The van der Waals surface area contributed by atoms with Crippen molar-refractivity contribution in [3.8, 4) is 0 Å². The molecule has 14 heavy (non-hydrogen) atoms. The van der Waals surface area contributed by atoms with Gasteiger partial charge in [0, 0.05) is 12.0 Å². The van der Waals surface area contributed by atoms with Crippen molar-refractivity contribution in [2.75, 3.05) is 0 Å². The summed E-state index contributed by atoms with van der Waals surface area (Å²) in [5.74, 6) is 0.679. The number of hydrogen-bond donors (Lipinski definition) is 2. The molecular formula is C10H17N3O. The maximum absolute atomic E-state index is 11.2. The second-order valence-corrected chi connectivity index (χ2v) is 5.38. The van der Waals surface area contributed by atoms with Crippen molar-refractivity contribution in [2.45, 2.75) is 33.7 Å². The minimum atomic E-state index is -0.299. The molecule has 0 aromatic carbocycles. The quantitative estimate of drug-likeness (QED) is 0.608. The van der Waals surface area contributed by atoms with E-state index < -0.39 is 0 Å². The number of amidine groups is 1. The van der Waals surface area contributed by atoms with Gasteiger partial charge in [0.05, 0.1) is 0 Å². The third-order valence-electron chi connectivity index (χ3n) is 4.38. The smallest absolute Gasteiger partial charge is 0.342 e. The van der Waals surface area contributed by atoms with Crippen LogP contribution in [-0.4, -0.2) is 17.9 Å². The van der Waals surface area contributed by atoms with Gasteiger partial charge in [0.15, 0.2) is 0 Å². The Morgan fingerprint density at radius 1 is 1.29 bits per heavy atom. The summed E-state index contributed by atoms with van der Waals surface area (Å²) >= 11 is 0. The second kappa shape index (κ2) is 2.30. The summed E-state index contributed by atoms with van der Waals surface area (Å²) in [7, 11) is 0. The molecule has 3 N–H and O–H groups in total. The molecule has 0 unspecified atom stereocenters. The monoisotopic (exact) mass is 195 g/mol. The number of aliphatic imine (C=N–C) groups is 1. The highest BCUT2D eigenvalue weighted by Crippen LogP contribution is 2.60. The summed E-state index contributed by atoms with van der Waals surface area (Å²) in [6, 6.07) is -0.158. The molecule has 2 aliphatic rings. The third kappa shape index (κ3) is 0.837. The molecule has 2 atom stereocenters. The van der Waals surface area contributed by atoms with Gasteiger partial charge in [0.25, 0.3) is 0 Å². The van der Waals surface area contributed by atoms with Crippen LogP contribution >= 0.6 is 0 Å². The molecule has 0 radical (unpaired) electrons. The van der Waals surface area contributed by atoms with Crippen molar-refractivity contribution in [1.29, 1.82) is 0 Å². The van der Waals surface area contributed by atoms with Crippen LogP contribution in [0, 0.1) is 16.7 Å². The normalized spacial score (nSPS) is 37.7. The number of nitrogens with two attached hydrogens (primary N) is 1. The molecule has 1 aliphatic heterocycles. The minimum Gasteiger partial charge on any atom is -0.387 e. The fraction of sp³-hybridized carbons (Fsp3) is 0.800. The maximum Gasteiger partial charge on any atom is 0.342 e. The summed E-state index contributed by atoms with van der Waals surface area (Å²) in [5, 5.41) is 2.89. The number of rotatable bonds is 0. The SMILES string of the molecule is CC1(C)[C@@H]2C(N)=NC(=O)N[C@@H]2C1(C)C. The first-order valence-corrected chi connectivity index (χ1v) is 4.93. The predicted molar refractivity (Wildman–Crippen MR) is 55.0 cm³/mol. The first kappa shape index (κ1) is 9.49. The van der Waals surface area contributed by atoms with E-state index in [9.17, 15) is 4.79 Å². The topological polar surface area (TPSA) is 67.5 Å². The van der Waals surface area contributed by atoms with Crippen molar-refractivity contribution in [3.63, 3.8) is 0 Å². The minimum absolute atomic E-state index is 0.0773. The Morgan fingerprint density at radius 3 is 2.43 bits per heavy atom. The van der Waals surface area contributed by atoms with Gasteiger partial charge in [-0.15, -0.1) is 0 Å². The number of carbonyl (C=O) groups excluding carboxylic acids is 1. The summed E-state index contributed by atoms with van der Waals surface area (Å²) < 4.78 is 0. The van der Waals surface area contributed by atoms with Gasteiger partial charge in [-0.05, 0) is 10.8 Å². The van der Waals surface area contributed by atoms with Crippen molar-refractivity contribution in [1.82, 2.24) is 5.32 Å². The predicted octanol–water partition coefficient (Wildman–Crippen LogP) is 1.12. The third-order valence-corrected chi connectivity index (χ3v) is 4.38. The van der Waals surface area contributed by atoms with Crippen LogP contribution in [0.2, 0.25) is 0 Å². The number of nitrogens with one attached hydrogen (secondary N) is 1. The zero-order valence-corrected chi connectivity index (χ0v) is 9.09. The zero-order valence-electron chi connectivity index (χ0n) is 9.09. The van der Waals surface area contributed by atoms with Crippen LogP contribution in [0.15, 0.2) is 4.99 Å². The lowest BCUT2D eigenvalue weighted by Gasteiger charge is -2.65. The molecule has 78 valence electrons. The Hall–Kier alpha value is -1.06. The molecule has 0 saturated heterocycles. The van der Waals surface area contributed by atoms with E-state index in [2.05, 4.69) is 38.0 Å². The Morgan fingerprint density at radius 2 is 1.86 bits per heavy atom. The van der Waals surface area contributed by atoms with Crippen molar-refractivity contribution in [3.05, 3.63) is 0 Å². The van der Waals surface area contributed by atoms with Crippen molar-refractivity contribution >= 4 is 11.9 Å². The average Bonchev–Trinajstić information content (AvgIpc) is 2.01. The van der Waals surface area contributed by atoms with Crippen LogP contribution in [0.5, 0.6) is 0 Å². The van der Waals surface area contributed by atoms with Crippen LogP contribution in [0.1, 0.15) is 27.7 Å². The molecule has 4 heteroatoms. The van der Waals surface area contributed by atoms with Gasteiger partial charge in [-0.25, -0.2) is 4.79 Å². The highest BCUT2D eigenvalue weighted by atomic mass is 16.2. The molecule has 0 spiro atoms. The number of urea groups is 1. The van der Waals surface area contributed by atoms with Crippen LogP contribution in [0.4, 0.5) is 4.79 Å². The highest BCUT2D eigenvalue weighted by molar-refractivity contribution is 5.98. The van der Waals surface area contributed by atoms with E-state index in [0.717, 1.165) is 0 Å². The lowest BCUT2D eigenvalue weighted by Crippen LogP contribution is -2.74. The molecule has 0 aromatic rings. The molecule has 1 fully saturated rings. The van der Waals surface area contributed by atoms with E-state index in [0.29, 0.717) is 5.84 Å². The number of fused-ring (bicyclic) bond motifs is 1. The van der Waals surface area contributed by atoms with E-state index in [-0.39, 0.29) is 28.8 Å². The van der Waals surface area contributed by atoms with Crippen LogP contribution in [-0.2, 0) is 0 Å². The number of nitrogens with zero attached hydrogens (tertiary/aromatic N) is 1. The molecule has 1 aliphatic carbocycles. The van der Waals surface area contributed by atoms with Crippen LogP contribution in [0.3, 0.4) is 0 Å². The molecule has 4 nitrogen and oxygen atoms in total. The van der Waals surface area contributed by atoms with Crippen molar-refractivity contribution in [2.24, 2.45) is 27.5 Å². The fourth-order valence-corrected chi connectivity index (χ4v) is 2.69. The van der Waals surface area contributed by atoms with Gasteiger partial charge in [0.1, 0.15) is 5.84 Å². The fourth-order valence-electron chi connectivity index (χ4n) is 2.69. The lowest BCUT2D eigenvalue weighted by molar-refractivity contribution is -0.0973. The van der Waals surface area contributed by atoms with Gasteiger partial charge >= 0.3 is 6.03 Å². The maximum atomic E-state index is 11.2. The lowest BCUT2D eigenvalue weighted by atomic mass is 9.43. The Balaban J connectivity index is 2.40. The second-order valence-electron chi connectivity index (χ2n) is 5.38.